The van der Waals surface area contributed by atoms with E-state index in [1.807, 2.05) is 31.7 Å². The maximum Gasteiger partial charge on any atom is 0.0686 e. The molecule has 0 amide bonds. The minimum Gasteiger partial charge on any atom is -0.668 e. The summed E-state index contributed by atoms with van der Waals surface area (Å²) < 4.78 is 2.04. The Bertz CT molecular complexity index is 365. The fourth-order valence-electron chi connectivity index (χ4n) is 0.916. The number of rotatable bonds is 4. The molecule has 0 heterocycles. The van der Waals surface area contributed by atoms with Crippen LogP contribution in [0, 0.1) is 0 Å². The quantitative estimate of drug-likeness (QED) is 0.305. The summed E-state index contributed by atoms with van der Waals surface area (Å²) in [7, 11) is 8.56. The molecule has 0 aliphatic heterocycles. The Morgan fingerprint density at radius 2 is 0.929 bits per heavy atom. The predicted octanol–water partition coefficient (Wildman–Crippen LogP) is 7.73. The minimum absolute atomic E-state index is 0.970. The van der Waals surface area contributed by atoms with Gasteiger partial charge in [0.15, 0.2) is 0 Å². The van der Waals surface area contributed by atoms with Crippen LogP contribution in [0.3, 0.4) is 0 Å². The third-order valence-electron chi connectivity index (χ3n) is 2.11. The van der Waals surface area contributed by atoms with Crippen LogP contribution >= 0.6 is 0 Å². The van der Waals surface area contributed by atoms with Gasteiger partial charge in [0.05, 0.1) is 16.1 Å². The molecule has 0 N–H and O–H groups in total. The Balaban J connectivity index is -0.0000000930. The summed E-state index contributed by atoms with van der Waals surface area (Å²) in [5, 5.41) is 10.5. The molecule has 0 aromatic carbocycles. The van der Waals surface area contributed by atoms with Gasteiger partial charge in [0.2, 0.25) is 0 Å². The third kappa shape index (κ3) is 82.9. The topological polar surface area (TPSA) is 42.3 Å². The molecule has 0 aliphatic carbocycles. The van der Waals surface area contributed by atoms with Gasteiger partial charge < -0.3 is 16.0 Å². The zero-order valence-electron chi connectivity index (χ0n) is 21.4. The Labute approximate surface area is 193 Å². The van der Waals surface area contributed by atoms with E-state index in [1.165, 1.54) is 5.57 Å². The van der Waals surface area contributed by atoms with Crippen molar-refractivity contribution in [2.75, 3.05) is 42.3 Å². The molecule has 164 valence electrons. The monoisotopic (exact) mass is 459 g/mol. The second-order valence-electron chi connectivity index (χ2n) is 8.16. The van der Waals surface area contributed by atoms with Gasteiger partial charge in [0, 0.05) is 0 Å². The molecular formula is C22H49N3Si2Ti. The summed E-state index contributed by atoms with van der Waals surface area (Å²) in [6.07, 6.45) is 8.62. The van der Waals surface area contributed by atoms with Gasteiger partial charge in [0.25, 0.3) is 0 Å². The Kier molecular flexibility index (Phi) is 40.2. The van der Waals surface area contributed by atoms with Gasteiger partial charge in [-0.3, -0.25) is 0 Å². The van der Waals surface area contributed by atoms with E-state index in [4.69, 9.17) is 0 Å². The van der Waals surface area contributed by atoms with Crippen LogP contribution in [0.1, 0.15) is 13.8 Å². The second kappa shape index (κ2) is 29.2. The van der Waals surface area contributed by atoms with E-state index in [-0.39, 0.29) is 0 Å². The summed E-state index contributed by atoms with van der Waals surface area (Å²) >= 11 is 2.02. The van der Waals surface area contributed by atoms with E-state index in [0.29, 0.717) is 0 Å². The van der Waals surface area contributed by atoms with Crippen molar-refractivity contribution in [3.63, 3.8) is 0 Å². The molecule has 3 nitrogen and oxygen atoms in total. The van der Waals surface area contributed by atoms with Crippen LogP contribution in [0.2, 0.25) is 39.3 Å². The molecule has 0 radical (unpaired) electrons. The van der Waals surface area contributed by atoms with Gasteiger partial charge in [-0.2, -0.15) is 42.3 Å². The molecule has 0 aromatic rings. The van der Waals surface area contributed by atoms with Crippen molar-refractivity contribution in [2.24, 2.45) is 0 Å². The summed E-state index contributed by atoms with van der Waals surface area (Å²) in [5.41, 5.74) is 6.08. The van der Waals surface area contributed by atoms with Gasteiger partial charge in [-0.25, -0.2) is 0 Å². The van der Waals surface area contributed by atoms with Crippen LogP contribution in [-0.4, -0.2) is 58.4 Å². The number of hydrogen-bond acceptors (Lipinski definition) is 0. The van der Waals surface area contributed by atoms with E-state index in [1.54, 1.807) is 42.3 Å². The maximum absolute atomic E-state index is 3.50. The molecule has 0 atom stereocenters. The van der Waals surface area contributed by atoms with Gasteiger partial charge in [-0.15, -0.1) is 0 Å². The zero-order chi connectivity index (χ0) is 23.6. The summed E-state index contributed by atoms with van der Waals surface area (Å²) in [4.78, 5) is 0. The minimum atomic E-state index is -0.970. The van der Waals surface area contributed by atoms with Gasteiger partial charge >= 0.3 is 56.4 Å². The van der Waals surface area contributed by atoms with E-state index in [0.717, 1.165) is 0 Å². The first-order valence-corrected chi connectivity index (χ1v) is 17.6. The molecule has 0 spiro atoms. The molecule has 0 saturated carbocycles. The molecule has 0 aliphatic rings. The smallest absolute Gasteiger partial charge is 0.0686 e. The van der Waals surface area contributed by atoms with Gasteiger partial charge in [0.1, 0.15) is 0 Å². The van der Waals surface area contributed by atoms with Crippen LogP contribution in [0.4, 0.5) is 0 Å². The second-order valence-corrected chi connectivity index (χ2v) is 18.8. The van der Waals surface area contributed by atoms with Crippen LogP contribution in [0.5, 0.6) is 0 Å². The van der Waals surface area contributed by atoms with E-state index in [9.17, 15) is 0 Å². The Morgan fingerprint density at radius 3 is 1.04 bits per heavy atom. The number of allylic oxidation sites excluding steroid dienone is 5. The Hall–Kier alpha value is -0.0119. The molecule has 6 heteroatoms. The molecule has 0 aromatic heterocycles. The molecule has 28 heavy (non-hydrogen) atoms. The summed E-state index contributed by atoms with van der Waals surface area (Å²) in [6, 6.07) is 0. The number of hydrogen-bond donors (Lipinski definition) is 0. The van der Waals surface area contributed by atoms with Gasteiger partial charge in [-0.05, 0) is 0 Å². The van der Waals surface area contributed by atoms with Crippen LogP contribution in [0.15, 0.2) is 45.7 Å². The molecular weight excluding hydrogens is 410 g/mol. The molecule has 0 bridgehead atoms. The van der Waals surface area contributed by atoms with Crippen molar-refractivity contribution in [3.8, 4) is 0 Å². The van der Waals surface area contributed by atoms with Crippen molar-refractivity contribution in [3.05, 3.63) is 61.6 Å². The molecule has 0 unspecified atom stereocenters. The average molecular weight is 460 g/mol. The van der Waals surface area contributed by atoms with Crippen molar-refractivity contribution in [2.45, 2.75) is 53.1 Å². The Morgan fingerprint density at radius 1 is 0.679 bits per heavy atom. The van der Waals surface area contributed by atoms with Gasteiger partial charge in [-0.1, -0.05) is 62.8 Å². The van der Waals surface area contributed by atoms with Crippen molar-refractivity contribution in [1.29, 1.82) is 0 Å². The van der Waals surface area contributed by atoms with E-state index < -0.39 is 16.1 Å². The fourth-order valence-corrected chi connectivity index (χ4v) is 2.70. The van der Waals surface area contributed by atoms with Crippen LogP contribution < -0.4 is 0 Å². The number of nitrogens with zero attached hydrogens (tertiary/aromatic N) is 3. The normalized spacial score (nSPS) is 11.6. The zero-order valence-corrected chi connectivity index (χ0v) is 24.9. The SMILES string of the molecule is CC=C(C)C=[CH][Ti+3].C[N-]C.C[N-]C.C[N-]C.C[Si](C)(C)C=CC=C[Si](C)(C)C. The standard InChI is InChI=1S/C10H22Si2.C6H9.3C2H6N.Ti/c1-11(2,3)9-7-8-10-12(4,5)6;1-4-6(3)5-2;3*1-3-2;/h7-10H,1-6H3;1,4-5H,2-3H3;3*1-2H3;/q;;3*-1;+3. The molecule has 0 fully saturated rings. The van der Waals surface area contributed by atoms with Crippen LogP contribution in [-0.2, 0) is 20.4 Å². The summed E-state index contributed by atoms with van der Waals surface area (Å²) in [5.74, 6) is 0. The largest absolute Gasteiger partial charge is 0.668 e. The summed E-state index contributed by atoms with van der Waals surface area (Å²) in [6.45, 7) is 18.2. The maximum atomic E-state index is 3.50. The first kappa shape index (κ1) is 38.6. The predicted molar refractivity (Wildman–Crippen MR) is 139 cm³/mol. The van der Waals surface area contributed by atoms with Crippen molar-refractivity contribution in [1.82, 2.24) is 0 Å². The van der Waals surface area contributed by atoms with Crippen molar-refractivity contribution < 1.29 is 20.4 Å². The van der Waals surface area contributed by atoms with E-state index >= 15 is 0 Å². The first-order valence-electron chi connectivity index (χ1n) is 9.54. The molecule has 0 saturated heterocycles. The average Bonchev–Trinajstić information content (AvgIpc) is 2.53. The third-order valence-corrected chi connectivity index (χ3v) is 4.75. The van der Waals surface area contributed by atoms with Crippen molar-refractivity contribution >= 4 is 16.1 Å². The van der Waals surface area contributed by atoms with Crippen LogP contribution in [0.25, 0.3) is 16.0 Å². The fraction of sp³-hybridized carbons (Fsp3) is 0.636. The van der Waals surface area contributed by atoms with E-state index in [2.05, 4.69) is 97.9 Å². The molecule has 0 rings (SSSR count). The first-order chi connectivity index (χ1) is 12.8.